The smallest absolute Gasteiger partial charge is 0.228 e. The van der Waals surface area contributed by atoms with Crippen LogP contribution in [-0.2, 0) is 16.3 Å². The van der Waals surface area contributed by atoms with E-state index in [4.69, 9.17) is 14.3 Å². The zero-order chi connectivity index (χ0) is 24.0. The Hall–Kier alpha value is -2.78. The number of piperidine rings is 1. The van der Waals surface area contributed by atoms with Gasteiger partial charge in [0.2, 0.25) is 5.95 Å². The number of hydrogen-bond acceptors (Lipinski definition) is 7. The third-order valence-electron chi connectivity index (χ3n) is 7.03. The van der Waals surface area contributed by atoms with Crippen LogP contribution in [-0.4, -0.2) is 57.8 Å². The van der Waals surface area contributed by atoms with Gasteiger partial charge in [-0.05, 0) is 56.5 Å². The molecule has 35 heavy (non-hydrogen) atoms. The van der Waals surface area contributed by atoms with Crippen molar-refractivity contribution in [2.24, 2.45) is 4.36 Å². The lowest BCUT2D eigenvalue weighted by molar-refractivity contribution is 0.244. The lowest BCUT2D eigenvalue weighted by atomic mass is 10.0. The Balaban J connectivity index is 1.40. The maximum atomic E-state index is 14.7. The van der Waals surface area contributed by atoms with E-state index in [0.717, 1.165) is 46.3 Å². The molecule has 2 N–H and O–H groups in total. The van der Waals surface area contributed by atoms with Crippen LogP contribution in [0.25, 0.3) is 10.9 Å². The molecule has 0 radical (unpaired) electrons. The maximum Gasteiger partial charge on any atom is 0.228 e. The highest BCUT2D eigenvalue weighted by Crippen LogP contribution is 2.33. The van der Waals surface area contributed by atoms with Gasteiger partial charge in [0.15, 0.2) is 0 Å². The van der Waals surface area contributed by atoms with E-state index in [-0.39, 0.29) is 12.1 Å². The van der Waals surface area contributed by atoms with Gasteiger partial charge in [0.25, 0.3) is 0 Å². The average molecular weight is 495 g/mol. The number of rotatable bonds is 4. The molecule has 2 aliphatic heterocycles. The fourth-order valence-corrected chi connectivity index (χ4v) is 7.35. The van der Waals surface area contributed by atoms with E-state index in [2.05, 4.69) is 21.6 Å². The number of nitrogens with zero attached hydrogens (tertiary/aromatic N) is 4. The SMILES string of the molecule is Cc1ccc2nc(N3CCS(=O)(=NC4CC4)c4ccccc4C3)nc(NC3CCNCC3F)c2c1. The van der Waals surface area contributed by atoms with Gasteiger partial charge in [-0.15, -0.1) is 0 Å². The van der Waals surface area contributed by atoms with E-state index >= 15 is 0 Å². The minimum Gasteiger partial charge on any atom is -0.364 e. The molecule has 9 heteroatoms. The number of fused-ring (bicyclic) bond motifs is 2. The number of anilines is 2. The third kappa shape index (κ3) is 4.59. The summed E-state index contributed by atoms with van der Waals surface area (Å²) in [6.07, 6.45) is 1.76. The molecule has 2 aromatic carbocycles. The maximum absolute atomic E-state index is 14.7. The van der Waals surface area contributed by atoms with Gasteiger partial charge in [0, 0.05) is 25.0 Å². The second-order valence-electron chi connectivity index (χ2n) is 9.86. The van der Waals surface area contributed by atoms with Crippen LogP contribution >= 0.6 is 0 Å². The van der Waals surface area contributed by atoms with Crippen LogP contribution in [0.15, 0.2) is 51.7 Å². The van der Waals surface area contributed by atoms with Gasteiger partial charge in [0.05, 0.1) is 38.0 Å². The Bertz CT molecular complexity index is 1380. The fraction of sp³-hybridized carbons (Fsp3) is 0.462. The lowest BCUT2D eigenvalue weighted by Gasteiger charge is -2.29. The molecule has 7 nitrogen and oxygen atoms in total. The molecule has 3 aromatic rings. The van der Waals surface area contributed by atoms with E-state index in [1.54, 1.807) is 0 Å². The summed E-state index contributed by atoms with van der Waals surface area (Å²) in [5.41, 5.74) is 2.92. The number of benzene rings is 2. The summed E-state index contributed by atoms with van der Waals surface area (Å²) in [5.74, 6) is 1.67. The first-order valence-corrected chi connectivity index (χ1v) is 14.1. The summed E-state index contributed by atoms with van der Waals surface area (Å²) in [6.45, 7) is 4.25. The molecule has 0 amide bonds. The summed E-state index contributed by atoms with van der Waals surface area (Å²) in [5, 5.41) is 7.40. The van der Waals surface area contributed by atoms with Crippen molar-refractivity contribution in [1.29, 1.82) is 0 Å². The molecule has 0 spiro atoms. The van der Waals surface area contributed by atoms with Gasteiger partial charge in [-0.2, -0.15) is 4.98 Å². The van der Waals surface area contributed by atoms with Crippen molar-refractivity contribution in [2.75, 3.05) is 35.6 Å². The van der Waals surface area contributed by atoms with Crippen LogP contribution in [0.4, 0.5) is 16.2 Å². The lowest BCUT2D eigenvalue weighted by Crippen LogP contribution is -2.45. The van der Waals surface area contributed by atoms with Gasteiger partial charge >= 0.3 is 0 Å². The van der Waals surface area contributed by atoms with Gasteiger partial charge in [0.1, 0.15) is 12.0 Å². The molecule has 3 aliphatic rings. The monoisotopic (exact) mass is 494 g/mol. The van der Waals surface area contributed by atoms with E-state index in [1.165, 1.54) is 0 Å². The average Bonchev–Trinajstić information content (AvgIpc) is 3.68. The minimum absolute atomic E-state index is 0.219. The van der Waals surface area contributed by atoms with Crippen molar-refractivity contribution in [1.82, 2.24) is 15.3 Å². The summed E-state index contributed by atoms with van der Waals surface area (Å²) >= 11 is 0. The normalized spacial score (nSPS) is 26.7. The van der Waals surface area contributed by atoms with E-state index < -0.39 is 15.9 Å². The summed E-state index contributed by atoms with van der Waals surface area (Å²) in [4.78, 5) is 12.8. The molecule has 3 heterocycles. The predicted octanol–water partition coefficient (Wildman–Crippen LogP) is 4.06. The second-order valence-corrected chi connectivity index (χ2v) is 12.2. The molecule has 184 valence electrons. The second kappa shape index (κ2) is 9.02. The van der Waals surface area contributed by atoms with Crippen LogP contribution in [0, 0.1) is 6.92 Å². The highest BCUT2D eigenvalue weighted by molar-refractivity contribution is 7.93. The molecule has 1 saturated carbocycles. The first-order valence-electron chi connectivity index (χ1n) is 12.4. The number of halogens is 1. The summed E-state index contributed by atoms with van der Waals surface area (Å²) in [6, 6.07) is 13.9. The van der Waals surface area contributed by atoms with E-state index in [0.29, 0.717) is 43.6 Å². The van der Waals surface area contributed by atoms with Crippen molar-refractivity contribution in [3.63, 3.8) is 0 Å². The first kappa shape index (κ1) is 22.7. The Morgan fingerprint density at radius 3 is 2.86 bits per heavy atom. The van der Waals surface area contributed by atoms with Crippen molar-refractivity contribution in [2.45, 2.75) is 55.9 Å². The number of nitrogens with one attached hydrogen (secondary N) is 2. The summed E-state index contributed by atoms with van der Waals surface area (Å²) in [7, 11) is -2.50. The van der Waals surface area contributed by atoms with Crippen LogP contribution in [0.2, 0.25) is 0 Å². The van der Waals surface area contributed by atoms with Crippen LogP contribution in [0.3, 0.4) is 0 Å². The van der Waals surface area contributed by atoms with Crippen molar-refractivity contribution in [3.8, 4) is 0 Å². The largest absolute Gasteiger partial charge is 0.364 e. The van der Waals surface area contributed by atoms with E-state index in [1.807, 2.05) is 43.3 Å². The van der Waals surface area contributed by atoms with Gasteiger partial charge in [-0.3, -0.25) is 0 Å². The molecular weight excluding hydrogens is 463 g/mol. The molecule has 3 atom stereocenters. The first-order chi connectivity index (χ1) is 17.0. The molecule has 1 aromatic heterocycles. The molecule has 0 bridgehead atoms. The van der Waals surface area contributed by atoms with Crippen LogP contribution < -0.4 is 15.5 Å². The Kier molecular flexibility index (Phi) is 5.84. The highest BCUT2D eigenvalue weighted by Gasteiger charge is 2.30. The highest BCUT2D eigenvalue weighted by atomic mass is 32.2. The standard InChI is InChI=1S/C26H31FN6OS/c1-17-6-9-22-20(14-17)25(29-23-10-11-28-15-21(23)27)31-26(30-22)33-12-13-35(34,32-19-7-8-19)24-5-3-2-4-18(24)16-33/h2-6,9,14,19,21,23,28H,7-8,10-13,15-16H2,1H3,(H,29,30,31). The van der Waals surface area contributed by atoms with Crippen molar-refractivity contribution in [3.05, 3.63) is 53.6 Å². The number of alkyl halides is 1. The molecule has 6 rings (SSSR count). The fourth-order valence-electron chi connectivity index (χ4n) is 4.92. The van der Waals surface area contributed by atoms with E-state index in [9.17, 15) is 8.60 Å². The number of hydrogen-bond donors (Lipinski definition) is 2. The Morgan fingerprint density at radius 2 is 2.03 bits per heavy atom. The van der Waals surface area contributed by atoms with Gasteiger partial charge in [-0.25, -0.2) is 17.9 Å². The van der Waals surface area contributed by atoms with Crippen molar-refractivity contribution < 1.29 is 8.60 Å². The number of aryl methyl sites for hydroxylation is 1. The zero-order valence-electron chi connectivity index (χ0n) is 19.9. The third-order valence-corrected chi connectivity index (χ3v) is 9.49. The zero-order valence-corrected chi connectivity index (χ0v) is 20.7. The van der Waals surface area contributed by atoms with Gasteiger partial charge < -0.3 is 15.5 Å². The Labute approximate surface area is 205 Å². The molecular formula is C26H31FN6OS. The van der Waals surface area contributed by atoms with Crippen LogP contribution in [0.1, 0.15) is 30.4 Å². The molecule has 2 fully saturated rings. The van der Waals surface area contributed by atoms with Gasteiger partial charge in [-0.1, -0.05) is 29.8 Å². The molecule has 3 unspecified atom stereocenters. The summed E-state index contributed by atoms with van der Waals surface area (Å²) < 4.78 is 33.4. The van der Waals surface area contributed by atoms with Crippen LogP contribution in [0.5, 0.6) is 0 Å². The quantitative estimate of drug-likeness (QED) is 0.569. The molecule has 1 aliphatic carbocycles. The topological polar surface area (TPSA) is 82.5 Å². The molecule has 1 saturated heterocycles. The Morgan fingerprint density at radius 1 is 1.17 bits per heavy atom. The number of aromatic nitrogens is 2. The minimum atomic E-state index is -2.50. The predicted molar refractivity (Wildman–Crippen MR) is 138 cm³/mol. The van der Waals surface area contributed by atoms with Crippen molar-refractivity contribution >= 4 is 32.4 Å².